The lowest BCUT2D eigenvalue weighted by Gasteiger charge is -2.25. The van der Waals surface area contributed by atoms with E-state index in [2.05, 4.69) is 23.6 Å². The topological polar surface area (TPSA) is 98.7 Å². The van der Waals surface area contributed by atoms with Crippen LogP contribution >= 0.6 is 0 Å². The molecule has 42 heavy (non-hydrogen) atoms. The van der Waals surface area contributed by atoms with E-state index >= 15 is 0 Å². The summed E-state index contributed by atoms with van der Waals surface area (Å²) < 4.78 is 54.9. The second-order valence-corrected chi connectivity index (χ2v) is 12.5. The van der Waals surface area contributed by atoms with E-state index < -0.39 is 39.7 Å². The van der Waals surface area contributed by atoms with Gasteiger partial charge in [0.25, 0.3) is 5.91 Å². The van der Waals surface area contributed by atoms with Crippen molar-refractivity contribution in [1.29, 1.82) is 0 Å². The van der Waals surface area contributed by atoms with Crippen LogP contribution in [0.3, 0.4) is 0 Å². The molecule has 0 fully saturated rings. The van der Waals surface area contributed by atoms with Crippen LogP contribution < -0.4 is 10.6 Å². The van der Waals surface area contributed by atoms with E-state index in [1.807, 2.05) is 25.1 Å². The van der Waals surface area contributed by atoms with Crippen molar-refractivity contribution in [2.45, 2.75) is 69.5 Å². The normalized spacial score (nSPS) is 13.2. The van der Waals surface area contributed by atoms with Gasteiger partial charge in [-0.05, 0) is 72.4 Å². The molecule has 1 amide bonds. The van der Waals surface area contributed by atoms with Crippen LogP contribution in [0.1, 0.15) is 60.2 Å². The van der Waals surface area contributed by atoms with E-state index in [9.17, 15) is 27.1 Å². The van der Waals surface area contributed by atoms with Gasteiger partial charge in [-0.3, -0.25) is 4.79 Å². The predicted molar refractivity (Wildman–Crippen MR) is 161 cm³/mol. The standard InChI is InChI=1S/C32H41F2N3O4S/c1-4-6-7-15-37(3)42(40,41)29-13-11-26(12-14-29)32(39)36-30(19-25-17-27(33)20-28(34)18-25)31(38)22-35-21-24-10-8-9-23(5-2)16-24/h8-14,16-18,20,30-31,35,38H,4-7,15,19,21-22H2,1-3H3,(H,36,39)/t30-,31+/m0/s1. The molecular formula is C32H41F2N3O4S. The van der Waals surface area contributed by atoms with E-state index in [0.29, 0.717) is 13.1 Å². The fraction of sp³-hybridized carbons (Fsp3) is 0.406. The minimum Gasteiger partial charge on any atom is -0.390 e. The molecule has 0 aromatic heterocycles. The first-order chi connectivity index (χ1) is 20.0. The molecule has 0 unspecified atom stereocenters. The number of nitrogens with one attached hydrogen (secondary N) is 2. The maximum atomic E-state index is 13.9. The van der Waals surface area contributed by atoms with E-state index in [4.69, 9.17) is 0 Å². The van der Waals surface area contributed by atoms with Gasteiger partial charge in [0.15, 0.2) is 0 Å². The SMILES string of the molecule is CCCCCN(C)S(=O)(=O)c1ccc(C(=O)N[C@@H](Cc2cc(F)cc(F)c2)[C@H](O)CNCc2cccc(CC)c2)cc1. The first-order valence-electron chi connectivity index (χ1n) is 14.3. The van der Waals surface area contributed by atoms with Crippen LogP contribution in [0, 0.1) is 11.6 Å². The molecule has 0 heterocycles. The number of aliphatic hydroxyl groups excluding tert-OH is 1. The third kappa shape index (κ3) is 9.69. The highest BCUT2D eigenvalue weighted by Gasteiger charge is 2.24. The molecule has 3 aromatic carbocycles. The van der Waals surface area contributed by atoms with Gasteiger partial charge in [-0.1, -0.05) is 51.0 Å². The summed E-state index contributed by atoms with van der Waals surface area (Å²) in [6.45, 7) is 5.11. The van der Waals surface area contributed by atoms with Crippen LogP contribution in [0.4, 0.5) is 8.78 Å². The highest BCUT2D eigenvalue weighted by atomic mass is 32.2. The zero-order valence-electron chi connectivity index (χ0n) is 24.4. The van der Waals surface area contributed by atoms with Crippen molar-refractivity contribution in [1.82, 2.24) is 14.9 Å². The lowest BCUT2D eigenvalue weighted by Crippen LogP contribution is -2.48. The maximum absolute atomic E-state index is 13.9. The Kier molecular flexibility index (Phi) is 12.6. The minimum absolute atomic E-state index is 0.0242. The largest absolute Gasteiger partial charge is 0.390 e. The van der Waals surface area contributed by atoms with Crippen LogP contribution in [0.25, 0.3) is 0 Å². The number of carbonyl (C=O) groups is 1. The van der Waals surface area contributed by atoms with Crippen LogP contribution in [0.15, 0.2) is 71.6 Å². The Morgan fingerprint density at radius 3 is 2.24 bits per heavy atom. The molecule has 0 radical (unpaired) electrons. The van der Waals surface area contributed by atoms with Crippen molar-refractivity contribution < 1.29 is 27.1 Å². The number of amides is 1. The molecule has 228 valence electrons. The fourth-order valence-corrected chi connectivity index (χ4v) is 5.86. The van der Waals surface area contributed by atoms with E-state index in [1.165, 1.54) is 41.2 Å². The van der Waals surface area contributed by atoms with Crippen molar-refractivity contribution in [2.24, 2.45) is 0 Å². The van der Waals surface area contributed by atoms with Crippen molar-refractivity contribution >= 4 is 15.9 Å². The third-order valence-corrected chi connectivity index (χ3v) is 9.01. The molecule has 0 aliphatic rings. The summed E-state index contributed by atoms with van der Waals surface area (Å²) in [6, 6.07) is 15.8. The number of hydrogen-bond acceptors (Lipinski definition) is 5. The Morgan fingerprint density at radius 1 is 0.929 bits per heavy atom. The van der Waals surface area contributed by atoms with Gasteiger partial charge in [0, 0.05) is 38.3 Å². The first kappa shape index (κ1) is 33.3. The summed E-state index contributed by atoms with van der Waals surface area (Å²) in [7, 11) is -2.17. The van der Waals surface area contributed by atoms with Gasteiger partial charge in [0.05, 0.1) is 17.0 Å². The molecule has 0 aliphatic carbocycles. The highest BCUT2D eigenvalue weighted by Crippen LogP contribution is 2.17. The summed E-state index contributed by atoms with van der Waals surface area (Å²) in [6.07, 6.45) is 2.44. The summed E-state index contributed by atoms with van der Waals surface area (Å²) >= 11 is 0. The number of halogens is 2. The summed E-state index contributed by atoms with van der Waals surface area (Å²) in [5.41, 5.74) is 2.70. The first-order valence-corrected chi connectivity index (χ1v) is 15.8. The molecule has 0 spiro atoms. The number of rotatable bonds is 16. The lowest BCUT2D eigenvalue weighted by molar-refractivity contribution is 0.0829. The second kappa shape index (κ2) is 15.9. The summed E-state index contributed by atoms with van der Waals surface area (Å²) in [4.78, 5) is 13.2. The monoisotopic (exact) mass is 601 g/mol. The number of sulfonamides is 1. The molecule has 0 bridgehead atoms. The van der Waals surface area contributed by atoms with Gasteiger partial charge >= 0.3 is 0 Å². The number of carbonyl (C=O) groups excluding carboxylic acids is 1. The molecule has 0 saturated carbocycles. The molecule has 10 heteroatoms. The molecule has 3 aromatic rings. The Balaban J connectivity index is 1.72. The smallest absolute Gasteiger partial charge is 0.251 e. The van der Waals surface area contributed by atoms with E-state index in [1.54, 1.807) is 0 Å². The van der Waals surface area contributed by atoms with Gasteiger partial charge in [0.2, 0.25) is 10.0 Å². The van der Waals surface area contributed by atoms with Crippen LogP contribution in [0.5, 0.6) is 0 Å². The van der Waals surface area contributed by atoms with Crippen molar-refractivity contribution in [3.05, 3.63) is 101 Å². The van der Waals surface area contributed by atoms with Crippen molar-refractivity contribution in [2.75, 3.05) is 20.1 Å². The molecule has 7 nitrogen and oxygen atoms in total. The number of aryl methyl sites for hydroxylation is 1. The zero-order valence-corrected chi connectivity index (χ0v) is 25.3. The van der Waals surface area contributed by atoms with Gasteiger partial charge in [-0.2, -0.15) is 0 Å². The predicted octanol–water partition coefficient (Wildman–Crippen LogP) is 4.83. The molecule has 0 aliphatic heterocycles. The minimum atomic E-state index is -3.70. The number of nitrogens with zero attached hydrogens (tertiary/aromatic N) is 1. The Hall–Kier alpha value is -3.18. The van der Waals surface area contributed by atoms with Crippen LogP contribution in [-0.2, 0) is 29.4 Å². The second-order valence-electron chi connectivity index (χ2n) is 10.5. The Bertz CT molecular complexity index is 1400. The molecular weight excluding hydrogens is 560 g/mol. The number of benzene rings is 3. The highest BCUT2D eigenvalue weighted by molar-refractivity contribution is 7.89. The molecule has 3 N–H and O–H groups in total. The number of aliphatic hydroxyl groups is 1. The van der Waals surface area contributed by atoms with Gasteiger partial charge in [0.1, 0.15) is 11.6 Å². The van der Waals surface area contributed by atoms with Crippen LogP contribution in [0.2, 0.25) is 0 Å². The van der Waals surface area contributed by atoms with Crippen molar-refractivity contribution in [3.8, 4) is 0 Å². The maximum Gasteiger partial charge on any atom is 0.251 e. The van der Waals surface area contributed by atoms with Gasteiger partial charge < -0.3 is 15.7 Å². The molecule has 2 atom stereocenters. The third-order valence-electron chi connectivity index (χ3n) is 7.14. The zero-order chi connectivity index (χ0) is 30.7. The van der Waals surface area contributed by atoms with Crippen LogP contribution in [-0.4, -0.2) is 56.0 Å². The van der Waals surface area contributed by atoms with Gasteiger partial charge in [-0.15, -0.1) is 0 Å². The molecule has 0 saturated heterocycles. The van der Waals surface area contributed by atoms with Crippen molar-refractivity contribution in [3.63, 3.8) is 0 Å². The summed E-state index contributed by atoms with van der Waals surface area (Å²) in [5.74, 6) is -2.06. The number of unbranched alkanes of at least 4 members (excludes halogenated alkanes) is 2. The Morgan fingerprint density at radius 2 is 1.60 bits per heavy atom. The summed E-state index contributed by atoms with van der Waals surface area (Å²) in [5, 5.41) is 17.0. The quantitative estimate of drug-likeness (QED) is 0.204. The van der Waals surface area contributed by atoms with E-state index in [0.717, 1.165) is 49.4 Å². The fourth-order valence-electron chi connectivity index (χ4n) is 4.65. The van der Waals surface area contributed by atoms with Gasteiger partial charge in [-0.25, -0.2) is 21.5 Å². The average Bonchev–Trinajstić information content (AvgIpc) is 2.96. The average molecular weight is 602 g/mol. The lowest BCUT2D eigenvalue weighted by atomic mass is 10.00. The Labute approximate surface area is 248 Å². The number of hydrogen-bond donors (Lipinski definition) is 3. The molecule has 3 rings (SSSR count). The van der Waals surface area contributed by atoms with E-state index in [-0.39, 0.29) is 29.0 Å².